The Kier molecular flexibility index (Phi) is 7.18. The molecule has 1 aliphatic rings. The first-order valence-corrected chi connectivity index (χ1v) is 18.3. The maximum absolute atomic E-state index is 5.15. The molecule has 0 radical (unpaired) electrons. The highest BCUT2D eigenvalue weighted by Gasteiger charge is 2.20. The van der Waals surface area contributed by atoms with E-state index in [0.29, 0.717) is 5.92 Å². The topological polar surface area (TPSA) is 25.8 Å². The van der Waals surface area contributed by atoms with Crippen LogP contribution in [0.1, 0.15) is 17.9 Å². The van der Waals surface area contributed by atoms with Gasteiger partial charge in [0, 0.05) is 55.2 Å². The number of thiophene rings is 1. The Labute approximate surface area is 300 Å². The molecule has 240 valence electrons. The maximum Gasteiger partial charge on any atom is 0.0714 e. The second kappa shape index (κ2) is 12.3. The average molecular weight is 669 g/mol. The second-order valence-corrected chi connectivity index (χ2v) is 14.3. The average Bonchev–Trinajstić information content (AvgIpc) is 3.60. The summed E-state index contributed by atoms with van der Waals surface area (Å²) >= 11 is 1.87. The number of fused-ring (bicyclic) bond motifs is 5. The van der Waals surface area contributed by atoms with E-state index >= 15 is 0 Å². The van der Waals surface area contributed by atoms with Gasteiger partial charge in [0.2, 0.25) is 0 Å². The standard InChI is InChI=1S/C48H32N2S/c1-3-12-31(13-4-1)34-23-26-43(49-29-34)46-38-17-7-8-18-39(38)47(44-27-24-35(30-50-44)32-14-5-2-6-15-32)42-28-33(22-25-40(42)46)36-19-11-20-41-37-16-9-10-21-45(37)51-48(36)41/h1-12,14-31H,13H2. The van der Waals surface area contributed by atoms with Crippen LogP contribution in [0.15, 0.2) is 176 Å². The van der Waals surface area contributed by atoms with Gasteiger partial charge < -0.3 is 0 Å². The molecule has 10 rings (SSSR count). The molecule has 0 spiro atoms. The van der Waals surface area contributed by atoms with Crippen LogP contribution in [-0.4, -0.2) is 9.97 Å². The van der Waals surface area contributed by atoms with Crippen molar-refractivity contribution < 1.29 is 0 Å². The third-order valence-electron chi connectivity index (χ3n) is 10.3. The monoisotopic (exact) mass is 668 g/mol. The van der Waals surface area contributed by atoms with Crippen LogP contribution in [0.4, 0.5) is 0 Å². The van der Waals surface area contributed by atoms with Crippen LogP contribution in [0.3, 0.4) is 0 Å². The Bertz CT molecular complexity index is 2810. The molecule has 0 saturated carbocycles. The van der Waals surface area contributed by atoms with Gasteiger partial charge in [0.15, 0.2) is 0 Å². The van der Waals surface area contributed by atoms with Gasteiger partial charge >= 0.3 is 0 Å². The summed E-state index contributed by atoms with van der Waals surface area (Å²) in [5.74, 6) is 0.358. The Balaban J connectivity index is 1.22. The van der Waals surface area contributed by atoms with Gasteiger partial charge in [0.05, 0.1) is 11.4 Å². The fraction of sp³-hybridized carbons (Fsp3) is 0.0417. The van der Waals surface area contributed by atoms with E-state index in [4.69, 9.17) is 9.97 Å². The number of rotatable bonds is 5. The Morgan fingerprint density at radius 3 is 1.92 bits per heavy atom. The lowest BCUT2D eigenvalue weighted by Gasteiger charge is -2.19. The summed E-state index contributed by atoms with van der Waals surface area (Å²) in [5.41, 5.74) is 10.2. The van der Waals surface area contributed by atoms with Gasteiger partial charge in [-0.15, -0.1) is 11.3 Å². The molecule has 3 heteroatoms. The maximum atomic E-state index is 5.15. The van der Waals surface area contributed by atoms with Crippen LogP contribution in [0.5, 0.6) is 0 Å². The summed E-state index contributed by atoms with van der Waals surface area (Å²) in [7, 11) is 0. The summed E-state index contributed by atoms with van der Waals surface area (Å²) in [5, 5.41) is 7.30. The van der Waals surface area contributed by atoms with E-state index in [1.807, 2.05) is 17.5 Å². The highest BCUT2D eigenvalue weighted by Crippen LogP contribution is 2.46. The quantitative estimate of drug-likeness (QED) is 0.171. The molecule has 0 fully saturated rings. The lowest BCUT2D eigenvalue weighted by atomic mass is 9.86. The molecule has 9 aromatic rings. The van der Waals surface area contributed by atoms with Gasteiger partial charge in [-0.05, 0) is 74.5 Å². The molecule has 3 aromatic heterocycles. The SMILES string of the molecule is C1=CCC(c2ccc(-c3c4ccccc4c(-c4ccc(-c5ccccc5)cn4)c4cc(-c5cccc6c5sc5ccccc56)ccc34)nc2)C=C1. The highest BCUT2D eigenvalue weighted by molar-refractivity contribution is 7.26. The van der Waals surface area contributed by atoms with Crippen LogP contribution in [0.25, 0.3) is 86.5 Å². The third-order valence-corrected chi connectivity index (χ3v) is 11.5. The molecule has 0 N–H and O–H groups in total. The van der Waals surface area contributed by atoms with Crippen molar-refractivity contribution in [3.8, 4) is 44.8 Å². The van der Waals surface area contributed by atoms with Crippen LogP contribution in [0, 0.1) is 0 Å². The first-order valence-electron chi connectivity index (χ1n) is 17.5. The molecule has 1 aliphatic carbocycles. The number of allylic oxidation sites excluding steroid dienone is 4. The van der Waals surface area contributed by atoms with Gasteiger partial charge in [-0.3, -0.25) is 9.97 Å². The van der Waals surface area contributed by atoms with Crippen molar-refractivity contribution in [3.63, 3.8) is 0 Å². The minimum Gasteiger partial charge on any atom is -0.256 e. The molecule has 6 aromatic carbocycles. The van der Waals surface area contributed by atoms with Crippen molar-refractivity contribution in [3.05, 3.63) is 182 Å². The molecule has 3 heterocycles. The predicted octanol–water partition coefficient (Wildman–Crippen LogP) is 13.4. The molecular weight excluding hydrogens is 637 g/mol. The zero-order valence-corrected chi connectivity index (χ0v) is 28.6. The van der Waals surface area contributed by atoms with E-state index in [1.165, 1.54) is 58.4 Å². The Morgan fingerprint density at radius 2 is 1.18 bits per heavy atom. The summed E-state index contributed by atoms with van der Waals surface area (Å²) in [6, 6.07) is 50.5. The molecule has 1 unspecified atom stereocenters. The zero-order chi connectivity index (χ0) is 33.7. The predicted molar refractivity (Wildman–Crippen MR) is 217 cm³/mol. The Morgan fingerprint density at radius 1 is 0.490 bits per heavy atom. The van der Waals surface area contributed by atoms with Crippen molar-refractivity contribution in [2.45, 2.75) is 12.3 Å². The molecule has 1 atom stereocenters. The summed E-state index contributed by atoms with van der Waals surface area (Å²) in [6.07, 6.45) is 13.8. The fourth-order valence-corrected chi connectivity index (χ4v) is 9.05. The molecule has 0 amide bonds. The van der Waals surface area contributed by atoms with E-state index in [0.717, 1.165) is 40.1 Å². The summed E-state index contributed by atoms with van der Waals surface area (Å²) < 4.78 is 2.63. The van der Waals surface area contributed by atoms with Gasteiger partial charge in [-0.1, -0.05) is 140 Å². The number of nitrogens with zero attached hydrogens (tertiary/aromatic N) is 2. The second-order valence-electron chi connectivity index (χ2n) is 13.3. The lowest BCUT2D eigenvalue weighted by Crippen LogP contribution is -1.98. The minimum atomic E-state index is 0.358. The van der Waals surface area contributed by atoms with E-state index in [2.05, 4.69) is 170 Å². The van der Waals surface area contributed by atoms with Crippen LogP contribution in [-0.2, 0) is 0 Å². The number of hydrogen-bond donors (Lipinski definition) is 0. The molecular formula is C48H32N2S. The first-order chi connectivity index (χ1) is 25.3. The van der Waals surface area contributed by atoms with E-state index < -0.39 is 0 Å². The molecule has 51 heavy (non-hydrogen) atoms. The van der Waals surface area contributed by atoms with E-state index in [9.17, 15) is 0 Å². The van der Waals surface area contributed by atoms with Gasteiger partial charge in [-0.2, -0.15) is 0 Å². The Hall–Kier alpha value is -6.16. The van der Waals surface area contributed by atoms with Crippen LogP contribution in [0.2, 0.25) is 0 Å². The van der Waals surface area contributed by atoms with Gasteiger partial charge in [0.1, 0.15) is 0 Å². The highest BCUT2D eigenvalue weighted by atomic mass is 32.1. The third kappa shape index (κ3) is 5.09. The first kappa shape index (κ1) is 29.7. The summed E-state index contributed by atoms with van der Waals surface area (Å²) in [4.78, 5) is 10.3. The van der Waals surface area contributed by atoms with E-state index in [-0.39, 0.29) is 0 Å². The normalized spacial score (nSPS) is 14.2. The molecule has 0 aliphatic heterocycles. The number of benzene rings is 6. The number of pyridine rings is 2. The van der Waals surface area contributed by atoms with Crippen molar-refractivity contribution in [1.82, 2.24) is 9.97 Å². The van der Waals surface area contributed by atoms with Crippen molar-refractivity contribution in [2.75, 3.05) is 0 Å². The van der Waals surface area contributed by atoms with Gasteiger partial charge in [-0.25, -0.2) is 0 Å². The zero-order valence-electron chi connectivity index (χ0n) is 27.8. The molecule has 0 bridgehead atoms. The lowest BCUT2D eigenvalue weighted by molar-refractivity contribution is 0.847. The number of aromatic nitrogens is 2. The summed E-state index contributed by atoms with van der Waals surface area (Å²) in [6.45, 7) is 0. The van der Waals surface area contributed by atoms with Crippen molar-refractivity contribution in [2.24, 2.45) is 0 Å². The van der Waals surface area contributed by atoms with Crippen LogP contribution < -0.4 is 0 Å². The smallest absolute Gasteiger partial charge is 0.0714 e. The number of hydrogen-bond acceptors (Lipinski definition) is 3. The van der Waals surface area contributed by atoms with Crippen molar-refractivity contribution >= 4 is 53.1 Å². The largest absolute Gasteiger partial charge is 0.256 e. The van der Waals surface area contributed by atoms with Crippen LogP contribution >= 0.6 is 11.3 Å². The molecule has 2 nitrogen and oxygen atoms in total. The van der Waals surface area contributed by atoms with Gasteiger partial charge in [0.25, 0.3) is 0 Å². The van der Waals surface area contributed by atoms with Crippen molar-refractivity contribution in [1.29, 1.82) is 0 Å². The minimum absolute atomic E-state index is 0.358. The fourth-order valence-electron chi connectivity index (χ4n) is 7.82. The molecule has 0 saturated heterocycles. The van der Waals surface area contributed by atoms with E-state index in [1.54, 1.807) is 0 Å².